The van der Waals surface area contributed by atoms with Crippen LogP contribution < -0.4 is 9.47 Å². The van der Waals surface area contributed by atoms with Gasteiger partial charge in [-0.2, -0.15) is 0 Å². The van der Waals surface area contributed by atoms with E-state index in [0.717, 1.165) is 0 Å². The first-order chi connectivity index (χ1) is 15.4. The summed E-state index contributed by atoms with van der Waals surface area (Å²) >= 11 is 0. The van der Waals surface area contributed by atoms with Gasteiger partial charge in [0.1, 0.15) is 0 Å². The first kappa shape index (κ1) is 22.7. The molecule has 1 saturated heterocycles. The molecule has 1 amide bonds. The Labute approximate surface area is 185 Å². The van der Waals surface area contributed by atoms with Crippen molar-refractivity contribution in [1.29, 1.82) is 0 Å². The van der Waals surface area contributed by atoms with Crippen LogP contribution in [0.3, 0.4) is 0 Å². The van der Waals surface area contributed by atoms with Gasteiger partial charge in [0, 0.05) is 11.1 Å². The van der Waals surface area contributed by atoms with E-state index in [1.165, 1.54) is 31.3 Å². The Morgan fingerprint density at radius 3 is 1.81 bits per heavy atom. The number of methoxy groups -OCH3 is 2. The van der Waals surface area contributed by atoms with Crippen LogP contribution in [0.1, 0.15) is 18.1 Å². The van der Waals surface area contributed by atoms with Gasteiger partial charge >= 0.3 is 6.09 Å². The largest absolute Gasteiger partial charge is 0.504 e. The molecule has 2 aromatic rings. The SMILES string of the molecule is CCOC(=O)N1C/C(=C/c2ccc(O)c(OC)c2)C(=O)/C(=C/c2ccc(O)c(OC)c2)C1. The van der Waals surface area contributed by atoms with Gasteiger partial charge in [0.15, 0.2) is 28.8 Å². The maximum atomic E-state index is 13.2. The summed E-state index contributed by atoms with van der Waals surface area (Å²) in [6.07, 6.45) is 2.78. The van der Waals surface area contributed by atoms with Crippen LogP contribution in [0.5, 0.6) is 23.0 Å². The zero-order chi connectivity index (χ0) is 23.3. The van der Waals surface area contributed by atoms with Crippen LogP contribution in [0.4, 0.5) is 4.79 Å². The molecule has 168 valence electrons. The molecular formula is C24H25NO7. The van der Waals surface area contributed by atoms with E-state index in [0.29, 0.717) is 22.3 Å². The van der Waals surface area contributed by atoms with Crippen molar-refractivity contribution in [2.45, 2.75) is 6.92 Å². The summed E-state index contributed by atoms with van der Waals surface area (Å²) in [6.45, 7) is 2.09. The lowest BCUT2D eigenvalue weighted by atomic mass is 9.94. The average molecular weight is 439 g/mol. The number of piperidine rings is 1. The molecule has 1 fully saturated rings. The summed E-state index contributed by atoms with van der Waals surface area (Å²) in [6, 6.07) is 9.45. The number of amides is 1. The average Bonchev–Trinajstić information content (AvgIpc) is 2.78. The predicted molar refractivity (Wildman–Crippen MR) is 119 cm³/mol. The van der Waals surface area contributed by atoms with Crippen molar-refractivity contribution in [2.24, 2.45) is 0 Å². The molecule has 8 heteroatoms. The highest BCUT2D eigenvalue weighted by Crippen LogP contribution is 2.30. The highest BCUT2D eigenvalue weighted by Gasteiger charge is 2.30. The second-order valence-electron chi connectivity index (χ2n) is 7.09. The van der Waals surface area contributed by atoms with Crippen LogP contribution in [-0.4, -0.2) is 60.9 Å². The molecule has 32 heavy (non-hydrogen) atoms. The van der Waals surface area contributed by atoms with Crippen LogP contribution in [0, 0.1) is 0 Å². The van der Waals surface area contributed by atoms with Gasteiger partial charge in [-0.15, -0.1) is 0 Å². The van der Waals surface area contributed by atoms with E-state index >= 15 is 0 Å². The number of hydrogen-bond acceptors (Lipinski definition) is 7. The van der Waals surface area contributed by atoms with Gasteiger partial charge in [-0.25, -0.2) is 4.79 Å². The maximum absolute atomic E-state index is 13.2. The number of benzene rings is 2. The topological polar surface area (TPSA) is 106 Å². The molecule has 0 bridgehead atoms. The van der Waals surface area contributed by atoms with Crippen LogP contribution in [0.25, 0.3) is 12.2 Å². The predicted octanol–water partition coefficient (Wildman–Crippen LogP) is 3.62. The Morgan fingerprint density at radius 1 is 0.938 bits per heavy atom. The Balaban J connectivity index is 2.02. The molecule has 0 aromatic heterocycles. The van der Waals surface area contributed by atoms with Gasteiger partial charge < -0.3 is 24.4 Å². The van der Waals surface area contributed by atoms with Crippen LogP contribution in [0.2, 0.25) is 0 Å². The third kappa shape index (κ3) is 5.03. The Hall–Kier alpha value is -3.94. The van der Waals surface area contributed by atoms with E-state index in [9.17, 15) is 19.8 Å². The van der Waals surface area contributed by atoms with Gasteiger partial charge in [0.2, 0.25) is 0 Å². The maximum Gasteiger partial charge on any atom is 0.410 e. The number of phenolic OH excluding ortho intramolecular Hbond substituents is 2. The van der Waals surface area contributed by atoms with E-state index in [-0.39, 0.29) is 48.5 Å². The van der Waals surface area contributed by atoms with E-state index in [4.69, 9.17) is 14.2 Å². The standard InChI is InChI=1S/C24H25NO7/c1-4-32-24(29)25-13-17(9-15-5-7-19(26)21(11-15)30-2)23(28)18(14-25)10-16-6-8-20(27)22(12-16)31-3/h5-12,26-27H,4,13-14H2,1-3H3/b17-9-,18-10+. The van der Waals surface area contributed by atoms with E-state index in [1.807, 2.05) is 0 Å². The number of likely N-dealkylation sites (tertiary alicyclic amines) is 1. The molecular weight excluding hydrogens is 414 g/mol. The number of rotatable bonds is 5. The minimum absolute atomic E-state index is 0.0142. The molecule has 0 saturated carbocycles. The quantitative estimate of drug-likeness (QED) is 0.686. The highest BCUT2D eigenvalue weighted by molar-refractivity contribution is 6.15. The molecule has 2 aromatic carbocycles. The Bertz CT molecular complexity index is 1010. The molecule has 0 atom stereocenters. The lowest BCUT2D eigenvalue weighted by Crippen LogP contribution is -2.41. The van der Waals surface area contributed by atoms with Gasteiger partial charge in [0.25, 0.3) is 0 Å². The summed E-state index contributed by atoms with van der Waals surface area (Å²) < 4.78 is 15.4. The molecule has 8 nitrogen and oxygen atoms in total. The number of ether oxygens (including phenoxy) is 3. The Morgan fingerprint density at radius 2 is 1.41 bits per heavy atom. The fourth-order valence-electron chi connectivity index (χ4n) is 3.35. The molecule has 0 radical (unpaired) electrons. The number of carbonyl (C=O) groups is 2. The van der Waals surface area contributed by atoms with Gasteiger partial charge in [-0.05, 0) is 54.5 Å². The minimum Gasteiger partial charge on any atom is -0.504 e. The number of Topliss-reactive ketones (excluding diaryl/α,β-unsaturated/α-hetero) is 1. The Kier molecular flexibility index (Phi) is 7.04. The second-order valence-corrected chi connectivity index (χ2v) is 7.09. The smallest absolute Gasteiger partial charge is 0.410 e. The van der Waals surface area contributed by atoms with Crippen LogP contribution >= 0.6 is 0 Å². The van der Waals surface area contributed by atoms with Gasteiger partial charge in [-0.1, -0.05) is 12.1 Å². The van der Waals surface area contributed by atoms with Crippen molar-refractivity contribution in [3.8, 4) is 23.0 Å². The summed E-state index contributed by atoms with van der Waals surface area (Å²) in [5, 5.41) is 19.6. The van der Waals surface area contributed by atoms with Crippen LogP contribution in [-0.2, 0) is 9.53 Å². The fourth-order valence-corrected chi connectivity index (χ4v) is 3.35. The number of hydrogen-bond donors (Lipinski definition) is 2. The first-order valence-electron chi connectivity index (χ1n) is 9.97. The number of aromatic hydroxyl groups is 2. The monoisotopic (exact) mass is 439 g/mol. The third-order valence-electron chi connectivity index (χ3n) is 4.92. The van der Waals surface area contributed by atoms with E-state index in [2.05, 4.69) is 0 Å². The normalized spacial score (nSPS) is 16.3. The second kappa shape index (κ2) is 9.91. The third-order valence-corrected chi connectivity index (χ3v) is 4.92. The molecule has 1 aliphatic heterocycles. The lowest BCUT2D eigenvalue weighted by Gasteiger charge is -2.29. The molecule has 0 aliphatic carbocycles. The van der Waals surface area contributed by atoms with E-state index < -0.39 is 6.09 Å². The van der Waals surface area contributed by atoms with Crippen molar-refractivity contribution in [2.75, 3.05) is 33.9 Å². The lowest BCUT2D eigenvalue weighted by molar-refractivity contribution is -0.113. The van der Waals surface area contributed by atoms with Crippen molar-refractivity contribution in [3.05, 3.63) is 58.7 Å². The van der Waals surface area contributed by atoms with Gasteiger partial charge in [-0.3, -0.25) is 9.69 Å². The van der Waals surface area contributed by atoms with Crippen molar-refractivity contribution in [1.82, 2.24) is 4.90 Å². The zero-order valence-electron chi connectivity index (χ0n) is 18.1. The number of carbonyl (C=O) groups excluding carboxylic acids is 2. The summed E-state index contributed by atoms with van der Waals surface area (Å²) in [5.41, 5.74) is 2.04. The number of phenols is 2. The highest BCUT2D eigenvalue weighted by atomic mass is 16.6. The van der Waals surface area contributed by atoms with Crippen molar-refractivity contribution < 1.29 is 34.0 Å². The summed E-state index contributed by atoms with van der Waals surface area (Å²) in [7, 11) is 2.87. The van der Waals surface area contributed by atoms with Crippen molar-refractivity contribution >= 4 is 24.0 Å². The first-order valence-corrected chi connectivity index (χ1v) is 9.97. The zero-order valence-corrected chi connectivity index (χ0v) is 18.1. The summed E-state index contributed by atoms with van der Waals surface area (Å²) in [4.78, 5) is 27.1. The molecule has 2 N–H and O–H groups in total. The minimum atomic E-state index is -0.525. The van der Waals surface area contributed by atoms with Crippen molar-refractivity contribution in [3.63, 3.8) is 0 Å². The summed E-state index contributed by atoms with van der Waals surface area (Å²) in [5.74, 6) is 0.303. The molecule has 1 heterocycles. The van der Waals surface area contributed by atoms with Gasteiger partial charge in [0.05, 0.1) is 33.9 Å². The molecule has 3 rings (SSSR count). The fraction of sp³-hybridized carbons (Fsp3) is 0.250. The molecule has 0 spiro atoms. The molecule has 1 aliphatic rings. The molecule has 0 unspecified atom stereocenters. The number of ketones is 1. The van der Waals surface area contributed by atoms with Crippen LogP contribution in [0.15, 0.2) is 47.5 Å². The van der Waals surface area contributed by atoms with E-state index in [1.54, 1.807) is 43.3 Å². The number of nitrogens with zero attached hydrogens (tertiary/aromatic N) is 1.